The average Bonchev–Trinajstić information content (AvgIpc) is 3.54. The van der Waals surface area contributed by atoms with Crippen molar-refractivity contribution in [1.82, 2.24) is 34.3 Å². The molecule has 0 saturated carbocycles. The van der Waals surface area contributed by atoms with Crippen LogP contribution < -0.4 is 10.5 Å². The minimum absolute atomic E-state index is 0.0610. The number of aromatic nitrogens is 7. The number of benzene rings is 1. The molecule has 1 unspecified atom stereocenters. The highest BCUT2D eigenvalue weighted by atomic mass is 16.5. The summed E-state index contributed by atoms with van der Waals surface area (Å²) in [5, 5.41) is 14.7. The highest BCUT2D eigenvalue weighted by molar-refractivity contribution is 5.69. The van der Waals surface area contributed by atoms with Gasteiger partial charge in [0.1, 0.15) is 29.5 Å². The average molecular weight is 474 g/mol. The van der Waals surface area contributed by atoms with Gasteiger partial charge in [-0.2, -0.15) is 10.4 Å². The summed E-state index contributed by atoms with van der Waals surface area (Å²) >= 11 is 0. The Morgan fingerprint density at radius 1 is 0.972 bits per heavy atom. The Morgan fingerprint density at radius 2 is 1.75 bits per heavy atom. The SMILES string of the molecule is Cn1nc(-c2ccncn2)c2c1OC(N)=C(C#N)C2c1ccc(-n2ccnc2-c2ccncc2)cc1. The number of aryl methyl sites for hydroxylation is 1. The van der Waals surface area contributed by atoms with Crippen molar-refractivity contribution in [3.05, 3.63) is 102 Å². The fraction of sp³-hybridized carbons (Fsp3) is 0.0769. The van der Waals surface area contributed by atoms with Gasteiger partial charge in [0.05, 0.1) is 17.2 Å². The molecule has 4 aromatic heterocycles. The quantitative estimate of drug-likeness (QED) is 0.420. The standard InChI is InChI=1S/C26H19N9O/c1-34-26-22(23(33-34)20-8-11-30-15-32-20)21(19(14-27)24(28)36-26)16-2-4-18(5-3-16)35-13-12-31-25(35)17-6-9-29-10-7-17/h2-13,15,21H,28H2,1H3. The molecule has 0 amide bonds. The van der Waals surface area contributed by atoms with Crippen molar-refractivity contribution in [2.45, 2.75) is 5.92 Å². The summed E-state index contributed by atoms with van der Waals surface area (Å²) in [6, 6.07) is 15.8. The molecule has 0 radical (unpaired) electrons. The van der Waals surface area contributed by atoms with Crippen LogP contribution in [-0.2, 0) is 7.05 Å². The van der Waals surface area contributed by atoms with Gasteiger partial charge < -0.3 is 10.5 Å². The molecule has 1 aromatic carbocycles. The molecule has 2 N–H and O–H groups in total. The van der Waals surface area contributed by atoms with E-state index in [1.165, 1.54) is 6.33 Å². The number of allylic oxidation sites excluding steroid dienone is 1. The minimum Gasteiger partial charge on any atom is -0.422 e. The van der Waals surface area contributed by atoms with Crippen molar-refractivity contribution in [1.29, 1.82) is 5.26 Å². The first-order valence-electron chi connectivity index (χ1n) is 11.1. The van der Waals surface area contributed by atoms with E-state index in [0.29, 0.717) is 22.8 Å². The first-order chi connectivity index (χ1) is 17.7. The van der Waals surface area contributed by atoms with Crippen LogP contribution in [0.4, 0.5) is 0 Å². The molecule has 0 fully saturated rings. The summed E-state index contributed by atoms with van der Waals surface area (Å²) in [7, 11) is 1.77. The van der Waals surface area contributed by atoms with E-state index in [1.807, 2.05) is 47.2 Å². The number of nitrogens with zero attached hydrogens (tertiary/aromatic N) is 8. The van der Waals surface area contributed by atoms with Gasteiger partial charge in [-0.3, -0.25) is 9.55 Å². The molecular weight excluding hydrogens is 454 g/mol. The minimum atomic E-state index is -0.478. The fourth-order valence-corrected chi connectivity index (χ4v) is 4.48. The van der Waals surface area contributed by atoms with Crippen LogP contribution >= 0.6 is 0 Å². The van der Waals surface area contributed by atoms with Gasteiger partial charge >= 0.3 is 0 Å². The second-order valence-corrected chi connectivity index (χ2v) is 8.16. The lowest BCUT2D eigenvalue weighted by molar-refractivity contribution is 0.358. The number of nitriles is 1. The first-order valence-corrected chi connectivity index (χ1v) is 11.1. The van der Waals surface area contributed by atoms with Crippen molar-refractivity contribution in [2.75, 3.05) is 0 Å². The molecular formula is C26H19N9O. The van der Waals surface area contributed by atoms with Crippen molar-refractivity contribution in [3.8, 4) is 40.4 Å². The van der Waals surface area contributed by atoms with Crippen molar-refractivity contribution in [2.24, 2.45) is 12.8 Å². The largest absolute Gasteiger partial charge is 0.422 e. The second kappa shape index (κ2) is 8.48. The van der Waals surface area contributed by atoms with Gasteiger partial charge in [0.25, 0.3) is 0 Å². The van der Waals surface area contributed by atoms with Crippen LogP contribution in [-0.4, -0.2) is 34.3 Å². The fourth-order valence-electron chi connectivity index (χ4n) is 4.48. The number of hydrogen-bond acceptors (Lipinski definition) is 8. The molecule has 0 spiro atoms. The Hall–Kier alpha value is -5.30. The van der Waals surface area contributed by atoms with E-state index in [1.54, 1.807) is 42.6 Å². The van der Waals surface area contributed by atoms with E-state index in [-0.39, 0.29) is 5.88 Å². The second-order valence-electron chi connectivity index (χ2n) is 8.16. The van der Waals surface area contributed by atoms with Crippen LogP contribution in [0.25, 0.3) is 28.5 Å². The van der Waals surface area contributed by atoms with E-state index in [9.17, 15) is 5.26 Å². The van der Waals surface area contributed by atoms with Crippen LogP contribution in [0.15, 0.2) is 91.2 Å². The summed E-state index contributed by atoms with van der Waals surface area (Å²) in [6.45, 7) is 0. The lowest BCUT2D eigenvalue weighted by atomic mass is 9.83. The zero-order valence-corrected chi connectivity index (χ0v) is 19.1. The molecule has 10 heteroatoms. The maximum atomic E-state index is 10.0. The zero-order valence-electron chi connectivity index (χ0n) is 19.1. The molecule has 5 aromatic rings. The summed E-state index contributed by atoms with van der Waals surface area (Å²) in [5.41, 5.74) is 11.2. The van der Waals surface area contributed by atoms with Gasteiger partial charge in [-0.25, -0.2) is 19.6 Å². The highest BCUT2D eigenvalue weighted by Crippen LogP contribution is 2.46. The molecule has 1 atom stereocenters. The number of fused-ring (bicyclic) bond motifs is 1. The molecule has 1 aliphatic heterocycles. The van der Waals surface area contributed by atoms with Crippen LogP contribution in [0.3, 0.4) is 0 Å². The number of hydrogen-bond donors (Lipinski definition) is 1. The Bertz CT molecular complexity index is 1630. The normalized spacial score (nSPS) is 14.7. The molecule has 36 heavy (non-hydrogen) atoms. The zero-order chi connectivity index (χ0) is 24.6. The Morgan fingerprint density at radius 3 is 2.47 bits per heavy atom. The summed E-state index contributed by atoms with van der Waals surface area (Å²) < 4.78 is 9.45. The van der Waals surface area contributed by atoms with E-state index in [4.69, 9.17) is 10.5 Å². The Balaban J connectivity index is 1.46. The Labute approximate surface area is 206 Å². The summed E-state index contributed by atoms with van der Waals surface area (Å²) in [4.78, 5) is 17.0. The van der Waals surface area contributed by atoms with Gasteiger partial charge in [-0.15, -0.1) is 0 Å². The summed E-state index contributed by atoms with van der Waals surface area (Å²) in [5.74, 6) is 0.863. The molecule has 5 heterocycles. The number of ether oxygens (including phenoxy) is 1. The first kappa shape index (κ1) is 21.2. The van der Waals surface area contributed by atoms with Gasteiger partial charge in [0, 0.05) is 49.3 Å². The third-order valence-electron chi connectivity index (χ3n) is 6.11. The van der Waals surface area contributed by atoms with Gasteiger partial charge in [-0.1, -0.05) is 12.1 Å². The van der Waals surface area contributed by atoms with E-state index in [0.717, 1.165) is 28.2 Å². The Kier molecular flexibility index (Phi) is 5.01. The van der Waals surface area contributed by atoms with Crippen molar-refractivity contribution >= 4 is 0 Å². The highest BCUT2D eigenvalue weighted by Gasteiger charge is 2.37. The smallest absolute Gasteiger partial charge is 0.224 e. The van der Waals surface area contributed by atoms with Crippen molar-refractivity contribution in [3.63, 3.8) is 0 Å². The van der Waals surface area contributed by atoms with E-state index < -0.39 is 5.92 Å². The number of rotatable bonds is 4. The van der Waals surface area contributed by atoms with E-state index in [2.05, 4.69) is 31.1 Å². The predicted molar refractivity (Wildman–Crippen MR) is 130 cm³/mol. The maximum Gasteiger partial charge on any atom is 0.224 e. The molecule has 1 aliphatic rings. The topological polar surface area (TPSA) is 133 Å². The van der Waals surface area contributed by atoms with Crippen LogP contribution in [0, 0.1) is 11.3 Å². The van der Waals surface area contributed by atoms with Crippen LogP contribution in [0.2, 0.25) is 0 Å². The molecule has 0 saturated heterocycles. The van der Waals surface area contributed by atoms with Gasteiger partial charge in [0.15, 0.2) is 0 Å². The molecule has 10 nitrogen and oxygen atoms in total. The molecule has 174 valence electrons. The number of nitrogens with two attached hydrogens (primary N) is 1. The maximum absolute atomic E-state index is 10.0. The third kappa shape index (κ3) is 3.38. The number of imidazole rings is 1. The third-order valence-corrected chi connectivity index (χ3v) is 6.11. The summed E-state index contributed by atoms with van der Waals surface area (Å²) in [6.07, 6.45) is 10.3. The van der Waals surface area contributed by atoms with Crippen molar-refractivity contribution < 1.29 is 4.74 Å². The predicted octanol–water partition coefficient (Wildman–Crippen LogP) is 3.34. The lowest BCUT2D eigenvalue weighted by Crippen LogP contribution is -2.22. The van der Waals surface area contributed by atoms with Gasteiger partial charge in [0.2, 0.25) is 11.8 Å². The molecule has 0 bridgehead atoms. The van der Waals surface area contributed by atoms with E-state index >= 15 is 0 Å². The monoisotopic (exact) mass is 473 g/mol. The lowest BCUT2D eigenvalue weighted by Gasteiger charge is -2.25. The van der Waals surface area contributed by atoms with Gasteiger partial charge in [-0.05, 0) is 35.9 Å². The molecule has 6 rings (SSSR count). The molecule has 0 aliphatic carbocycles. The number of pyridine rings is 1. The van der Waals surface area contributed by atoms with Crippen LogP contribution in [0.5, 0.6) is 5.88 Å². The van der Waals surface area contributed by atoms with Crippen LogP contribution in [0.1, 0.15) is 17.0 Å².